The number of hydrogen-bond acceptors (Lipinski definition) is 4. The molecule has 0 unspecified atom stereocenters. The molecule has 2 N–H and O–H groups in total. The lowest BCUT2D eigenvalue weighted by Gasteiger charge is -2.27. The summed E-state index contributed by atoms with van der Waals surface area (Å²) < 4.78 is 15.6. The number of halogens is 1. The number of carbonyl (C=O) groups excluding carboxylic acids is 2. The molecule has 8 heteroatoms. The molecule has 0 aliphatic carbocycles. The first kappa shape index (κ1) is 25.4. The zero-order valence-electron chi connectivity index (χ0n) is 21.5. The fourth-order valence-corrected chi connectivity index (χ4v) is 5.52. The summed E-state index contributed by atoms with van der Waals surface area (Å²) in [5.74, 6) is -0.904. The summed E-state index contributed by atoms with van der Waals surface area (Å²) in [5, 5.41) is 5.80. The zero-order chi connectivity index (χ0) is 27.0. The van der Waals surface area contributed by atoms with Crippen molar-refractivity contribution in [2.75, 3.05) is 7.05 Å². The molecule has 0 saturated heterocycles. The van der Waals surface area contributed by atoms with Gasteiger partial charge in [-0.2, -0.15) is 0 Å². The maximum Gasteiger partial charge on any atom is 0.270 e. The highest BCUT2D eigenvalue weighted by Crippen LogP contribution is 2.35. The van der Waals surface area contributed by atoms with E-state index in [4.69, 9.17) is 0 Å². The summed E-state index contributed by atoms with van der Waals surface area (Å²) in [4.78, 5) is 32.2. The molecule has 0 atom stereocenters. The number of nitrogens with zero attached hydrogens (tertiary/aromatic N) is 2. The van der Waals surface area contributed by atoms with Crippen LogP contribution in [0.1, 0.15) is 45.8 Å². The Morgan fingerprint density at radius 2 is 1.74 bits per heavy atom. The zero-order valence-corrected chi connectivity index (χ0v) is 22.3. The largest absolute Gasteiger partial charge is 0.354 e. The molecule has 5 aromatic rings. The average Bonchev–Trinajstić information content (AvgIpc) is 3.47. The average molecular weight is 527 g/mol. The van der Waals surface area contributed by atoms with Crippen LogP contribution in [0.15, 0.2) is 79.0 Å². The van der Waals surface area contributed by atoms with Gasteiger partial charge >= 0.3 is 0 Å². The van der Waals surface area contributed by atoms with Crippen LogP contribution in [-0.2, 0) is 5.54 Å². The summed E-state index contributed by atoms with van der Waals surface area (Å²) in [7, 11) is 1.55. The maximum absolute atomic E-state index is 13.9. The molecular weight excluding hydrogens is 499 g/mol. The van der Waals surface area contributed by atoms with Gasteiger partial charge in [0, 0.05) is 24.4 Å². The molecule has 3 aromatic carbocycles. The highest BCUT2D eigenvalue weighted by molar-refractivity contribution is 7.20. The molecule has 192 valence electrons. The summed E-state index contributed by atoms with van der Waals surface area (Å²) >= 11 is 1.40. The van der Waals surface area contributed by atoms with Gasteiger partial charge in [0.2, 0.25) is 0 Å². The van der Waals surface area contributed by atoms with Gasteiger partial charge in [0.25, 0.3) is 11.8 Å². The topological polar surface area (TPSA) is 75.5 Å². The number of benzene rings is 3. The van der Waals surface area contributed by atoms with Crippen LogP contribution in [0.3, 0.4) is 0 Å². The summed E-state index contributed by atoms with van der Waals surface area (Å²) in [6.45, 7) is 5.92. The number of nitrogens with one attached hydrogen (secondary N) is 2. The van der Waals surface area contributed by atoms with Crippen LogP contribution in [0.4, 0.5) is 4.39 Å². The van der Waals surface area contributed by atoms with Crippen LogP contribution >= 0.6 is 11.3 Å². The van der Waals surface area contributed by atoms with Crippen molar-refractivity contribution in [3.8, 4) is 21.7 Å². The van der Waals surface area contributed by atoms with Crippen molar-refractivity contribution >= 4 is 28.1 Å². The Bertz CT molecular complexity index is 1670. The first-order valence-corrected chi connectivity index (χ1v) is 13.0. The van der Waals surface area contributed by atoms with E-state index in [-0.39, 0.29) is 11.8 Å². The van der Waals surface area contributed by atoms with E-state index in [1.165, 1.54) is 23.5 Å². The van der Waals surface area contributed by atoms with Crippen LogP contribution in [0.5, 0.6) is 0 Å². The Hall–Kier alpha value is -4.30. The van der Waals surface area contributed by atoms with Crippen molar-refractivity contribution in [3.05, 3.63) is 107 Å². The number of hydrogen-bond donors (Lipinski definition) is 2. The first-order chi connectivity index (χ1) is 18.2. The van der Waals surface area contributed by atoms with Crippen LogP contribution < -0.4 is 10.6 Å². The summed E-state index contributed by atoms with van der Waals surface area (Å²) in [6.07, 6.45) is 1.85. The molecule has 0 aliphatic rings. The second-order valence-corrected chi connectivity index (χ2v) is 10.6. The van der Waals surface area contributed by atoms with Crippen molar-refractivity contribution in [2.45, 2.75) is 26.3 Å². The summed E-state index contributed by atoms with van der Waals surface area (Å²) in [6, 6.07) is 21.5. The van der Waals surface area contributed by atoms with Crippen molar-refractivity contribution in [1.29, 1.82) is 0 Å². The second-order valence-electron chi connectivity index (χ2n) is 9.62. The Morgan fingerprint density at radius 1 is 0.974 bits per heavy atom. The Morgan fingerprint density at radius 3 is 2.45 bits per heavy atom. The van der Waals surface area contributed by atoms with Crippen LogP contribution in [0.2, 0.25) is 0 Å². The van der Waals surface area contributed by atoms with Gasteiger partial charge in [0.1, 0.15) is 17.2 Å². The minimum atomic E-state index is -0.553. The van der Waals surface area contributed by atoms with Crippen molar-refractivity contribution in [1.82, 2.24) is 20.0 Å². The normalized spacial score (nSPS) is 11.5. The number of imidazole rings is 1. The molecule has 0 bridgehead atoms. The number of rotatable bonds is 6. The van der Waals surface area contributed by atoms with Crippen molar-refractivity contribution in [2.24, 2.45) is 0 Å². The van der Waals surface area contributed by atoms with Crippen molar-refractivity contribution in [3.63, 3.8) is 0 Å². The van der Waals surface area contributed by atoms with E-state index in [1.807, 2.05) is 75.5 Å². The Balaban J connectivity index is 1.53. The highest BCUT2D eigenvalue weighted by atomic mass is 32.1. The SMILES string of the molecule is CNC(=O)c1c(-c2cccc(F)c2)nc2sc(-c3cc(C(=O)NC(C)(C)c4ccccc4)ccc3C)cn12. The number of carbonyl (C=O) groups is 2. The molecule has 2 heterocycles. The standard InChI is InChI=1S/C30H27FN4O2S/c1-18-13-14-20(27(36)34-30(2,3)21-10-6-5-7-11-21)16-23(18)24-17-35-26(28(37)32-4)25(33-29(35)38-24)19-9-8-12-22(31)15-19/h5-17H,1-4H3,(H,32,37)(H,34,36). The third-order valence-corrected chi connectivity index (χ3v) is 7.57. The predicted octanol–water partition coefficient (Wildman–Crippen LogP) is 6.20. The first-order valence-electron chi connectivity index (χ1n) is 12.2. The quantitative estimate of drug-likeness (QED) is 0.277. The molecule has 2 amide bonds. The minimum absolute atomic E-state index is 0.180. The highest BCUT2D eigenvalue weighted by Gasteiger charge is 2.25. The van der Waals surface area contributed by atoms with Gasteiger partial charge in [0.15, 0.2) is 4.96 Å². The molecule has 0 radical (unpaired) electrons. The fourth-order valence-electron chi connectivity index (χ4n) is 4.45. The Labute approximate surface area is 224 Å². The molecule has 6 nitrogen and oxygen atoms in total. The number of aromatic nitrogens is 2. The van der Waals surface area contributed by atoms with Crippen LogP contribution in [0.25, 0.3) is 26.7 Å². The minimum Gasteiger partial charge on any atom is -0.354 e. The van der Waals surface area contributed by atoms with E-state index in [9.17, 15) is 14.0 Å². The van der Waals surface area contributed by atoms with Crippen LogP contribution in [-0.4, -0.2) is 28.2 Å². The van der Waals surface area contributed by atoms with E-state index in [0.29, 0.717) is 27.5 Å². The molecule has 38 heavy (non-hydrogen) atoms. The van der Waals surface area contributed by atoms with E-state index < -0.39 is 11.4 Å². The van der Waals surface area contributed by atoms with E-state index in [1.54, 1.807) is 23.6 Å². The van der Waals surface area contributed by atoms with Gasteiger partial charge in [-0.1, -0.05) is 59.9 Å². The number of amides is 2. The molecule has 0 spiro atoms. The van der Waals surface area contributed by atoms with Gasteiger partial charge in [-0.05, 0) is 61.7 Å². The fraction of sp³-hybridized carbons (Fsp3) is 0.167. The third kappa shape index (κ3) is 4.70. The second kappa shape index (κ2) is 9.87. The van der Waals surface area contributed by atoms with E-state index in [0.717, 1.165) is 21.6 Å². The monoisotopic (exact) mass is 526 g/mol. The lowest BCUT2D eigenvalue weighted by molar-refractivity contribution is 0.0910. The van der Waals surface area contributed by atoms with Gasteiger partial charge in [-0.3, -0.25) is 14.0 Å². The van der Waals surface area contributed by atoms with E-state index in [2.05, 4.69) is 15.6 Å². The van der Waals surface area contributed by atoms with Gasteiger partial charge in [-0.25, -0.2) is 9.37 Å². The Kier molecular flexibility index (Phi) is 6.59. The smallest absolute Gasteiger partial charge is 0.270 e. The molecular formula is C30H27FN4O2S. The maximum atomic E-state index is 13.9. The lowest BCUT2D eigenvalue weighted by atomic mass is 9.93. The molecule has 5 rings (SSSR count). The number of aryl methyl sites for hydroxylation is 1. The molecule has 0 saturated carbocycles. The third-order valence-electron chi connectivity index (χ3n) is 6.55. The number of thiazole rings is 1. The lowest BCUT2D eigenvalue weighted by Crippen LogP contribution is -2.40. The molecule has 2 aromatic heterocycles. The van der Waals surface area contributed by atoms with Crippen LogP contribution in [0, 0.1) is 12.7 Å². The summed E-state index contributed by atoms with van der Waals surface area (Å²) in [5.41, 5.74) is 4.12. The number of fused-ring (bicyclic) bond motifs is 1. The van der Waals surface area contributed by atoms with Gasteiger partial charge < -0.3 is 10.6 Å². The van der Waals surface area contributed by atoms with Gasteiger partial charge in [-0.15, -0.1) is 0 Å². The molecule has 0 fully saturated rings. The van der Waals surface area contributed by atoms with Crippen molar-refractivity contribution < 1.29 is 14.0 Å². The van der Waals surface area contributed by atoms with E-state index >= 15 is 0 Å². The van der Waals surface area contributed by atoms with Gasteiger partial charge in [0.05, 0.1) is 10.4 Å². The molecule has 0 aliphatic heterocycles. The predicted molar refractivity (Wildman–Crippen MR) is 149 cm³/mol.